The van der Waals surface area contributed by atoms with E-state index in [0.717, 1.165) is 29.9 Å². The average Bonchev–Trinajstić information content (AvgIpc) is 2.61. The Bertz CT molecular complexity index is 539. The Balaban J connectivity index is 2.29. The number of pyridine rings is 1. The molecule has 0 unspecified atom stereocenters. The number of unbranched alkanes of at least 4 members (excludes halogenated alkanes) is 2. The van der Waals surface area contributed by atoms with Crippen LogP contribution in [0.5, 0.6) is 0 Å². The monoisotopic (exact) mass is 219 g/mol. The smallest absolute Gasteiger partial charge is 0.271 e. The zero-order valence-electron chi connectivity index (χ0n) is 9.79. The highest BCUT2D eigenvalue weighted by atomic mass is 16.1. The number of H-pyrrole nitrogens is 1. The second kappa shape index (κ2) is 4.51. The summed E-state index contributed by atoms with van der Waals surface area (Å²) in [5.41, 5.74) is 1.64. The first-order chi connectivity index (χ1) is 7.70. The molecule has 0 fully saturated rings. The maximum absolute atomic E-state index is 11.6. The van der Waals surface area contributed by atoms with Crippen molar-refractivity contribution >= 4 is 5.65 Å². The standard InChI is InChI=1S/C12H17N3O/c1-3-4-5-6-10-13-11-7-9(2)8-12(16)15(11)14-10/h7-8H,3-6H2,1-2H3,(H,13,14). The quantitative estimate of drug-likeness (QED) is 0.800. The van der Waals surface area contributed by atoms with Gasteiger partial charge in [-0.3, -0.25) is 9.89 Å². The molecule has 0 aliphatic heterocycles. The molecule has 0 saturated heterocycles. The second-order valence-electron chi connectivity index (χ2n) is 4.19. The Labute approximate surface area is 94.3 Å². The van der Waals surface area contributed by atoms with Gasteiger partial charge in [-0.25, -0.2) is 9.50 Å². The van der Waals surface area contributed by atoms with Crippen LogP contribution in [0.25, 0.3) is 5.65 Å². The molecule has 2 heterocycles. The zero-order valence-corrected chi connectivity index (χ0v) is 9.79. The molecule has 2 aromatic rings. The van der Waals surface area contributed by atoms with Gasteiger partial charge in [-0.2, -0.15) is 0 Å². The van der Waals surface area contributed by atoms with E-state index in [0.29, 0.717) is 0 Å². The van der Waals surface area contributed by atoms with Gasteiger partial charge in [0.15, 0.2) is 5.65 Å². The van der Waals surface area contributed by atoms with Crippen LogP contribution in [0.15, 0.2) is 16.9 Å². The van der Waals surface area contributed by atoms with Crippen LogP contribution in [-0.4, -0.2) is 14.6 Å². The minimum atomic E-state index is -0.0377. The third-order valence-electron chi connectivity index (χ3n) is 2.66. The van der Waals surface area contributed by atoms with Gasteiger partial charge in [0.2, 0.25) is 0 Å². The molecule has 2 aromatic heterocycles. The van der Waals surface area contributed by atoms with Gasteiger partial charge in [-0.15, -0.1) is 0 Å². The number of aryl methyl sites for hydroxylation is 2. The van der Waals surface area contributed by atoms with Crippen LogP contribution >= 0.6 is 0 Å². The number of nitrogens with one attached hydrogen (secondary N) is 1. The van der Waals surface area contributed by atoms with E-state index in [1.54, 1.807) is 6.07 Å². The van der Waals surface area contributed by atoms with E-state index in [9.17, 15) is 4.79 Å². The summed E-state index contributed by atoms with van der Waals surface area (Å²) in [6, 6.07) is 3.53. The molecule has 0 spiro atoms. The number of rotatable bonds is 4. The van der Waals surface area contributed by atoms with Gasteiger partial charge in [0, 0.05) is 12.5 Å². The van der Waals surface area contributed by atoms with Crippen LogP contribution < -0.4 is 5.56 Å². The summed E-state index contributed by atoms with van der Waals surface area (Å²) in [7, 11) is 0. The molecule has 86 valence electrons. The SMILES string of the molecule is CCCCCc1nc2cc(C)cc(=O)n2[nH]1. The molecule has 0 aliphatic rings. The minimum absolute atomic E-state index is 0.0377. The maximum Gasteiger partial charge on any atom is 0.271 e. The minimum Gasteiger partial charge on any atom is -0.276 e. The van der Waals surface area contributed by atoms with Crippen molar-refractivity contribution < 1.29 is 0 Å². The summed E-state index contributed by atoms with van der Waals surface area (Å²) in [6.07, 6.45) is 4.42. The van der Waals surface area contributed by atoms with Crippen LogP contribution in [0.1, 0.15) is 37.6 Å². The fourth-order valence-corrected chi connectivity index (χ4v) is 1.82. The maximum atomic E-state index is 11.6. The van der Waals surface area contributed by atoms with Gasteiger partial charge in [0.1, 0.15) is 5.82 Å². The Hall–Kier alpha value is -1.58. The second-order valence-corrected chi connectivity index (χ2v) is 4.19. The summed E-state index contributed by atoms with van der Waals surface area (Å²) in [5.74, 6) is 0.899. The first-order valence-corrected chi connectivity index (χ1v) is 5.79. The molecular weight excluding hydrogens is 202 g/mol. The molecule has 0 saturated carbocycles. The Kier molecular flexibility index (Phi) is 3.08. The molecule has 0 radical (unpaired) electrons. The van der Waals surface area contributed by atoms with E-state index in [4.69, 9.17) is 0 Å². The summed E-state index contributed by atoms with van der Waals surface area (Å²) in [6.45, 7) is 4.08. The van der Waals surface area contributed by atoms with E-state index in [2.05, 4.69) is 17.0 Å². The largest absolute Gasteiger partial charge is 0.276 e. The van der Waals surface area contributed by atoms with Gasteiger partial charge in [0.25, 0.3) is 5.56 Å². The van der Waals surface area contributed by atoms with E-state index in [1.165, 1.54) is 17.4 Å². The lowest BCUT2D eigenvalue weighted by atomic mass is 10.2. The topological polar surface area (TPSA) is 50.2 Å². The molecule has 1 N–H and O–H groups in total. The molecule has 16 heavy (non-hydrogen) atoms. The number of aromatic nitrogens is 3. The van der Waals surface area contributed by atoms with E-state index in [1.807, 2.05) is 13.0 Å². The fourth-order valence-electron chi connectivity index (χ4n) is 1.82. The number of fused-ring (bicyclic) bond motifs is 1. The fraction of sp³-hybridized carbons (Fsp3) is 0.500. The van der Waals surface area contributed by atoms with Crippen molar-refractivity contribution in [1.82, 2.24) is 14.6 Å². The van der Waals surface area contributed by atoms with E-state index >= 15 is 0 Å². The molecule has 0 bridgehead atoms. The first kappa shape index (κ1) is 10.9. The molecule has 0 aromatic carbocycles. The van der Waals surface area contributed by atoms with Crippen LogP contribution in [0, 0.1) is 6.92 Å². The lowest BCUT2D eigenvalue weighted by Gasteiger charge is -1.93. The van der Waals surface area contributed by atoms with Gasteiger partial charge in [-0.1, -0.05) is 19.8 Å². The highest BCUT2D eigenvalue weighted by Gasteiger charge is 2.04. The third kappa shape index (κ3) is 2.15. The molecule has 2 rings (SSSR count). The van der Waals surface area contributed by atoms with Crippen molar-refractivity contribution in [2.75, 3.05) is 0 Å². The normalized spacial score (nSPS) is 11.1. The zero-order chi connectivity index (χ0) is 11.5. The molecule has 0 aliphatic carbocycles. The summed E-state index contributed by atoms with van der Waals surface area (Å²) in [4.78, 5) is 16.0. The predicted molar refractivity (Wildman–Crippen MR) is 63.8 cm³/mol. The van der Waals surface area contributed by atoms with Gasteiger partial charge in [-0.05, 0) is 25.0 Å². The van der Waals surface area contributed by atoms with Crippen molar-refractivity contribution in [3.05, 3.63) is 33.9 Å². The Morgan fingerprint density at radius 3 is 2.94 bits per heavy atom. The van der Waals surface area contributed by atoms with Crippen molar-refractivity contribution in [2.24, 2.45) is 0 Å². The summed E-state index contributed by atoms with van der Waals surface area (Å²) in [5, 5.41) is 3.04. The van der Waals surface area contributed by atoms with Crippen LogP contribution in [-0.2, 0) is 6.42 Å². The number of hydrogen-bond donors (Lipinski definition) is 1. The van der Waals surface area contributed by atoms with E-state index in [-0.39, 0.29) is 5.56 Å². The van der Waals surface area contributed by atoms with E-state index < -0.39 is 0 Å². The number of hydrogen-bond acceptors (Lipinski definition) is 2. The molecule has 4 heteroatoms. The number of nitrogens with zero attached hydrogens (tertiary/aromatic N) is 2. The molecule has 4 nitrogen and oxygen atoms in total. The average molecular weight is 219 g/mol. The van der Waals surface area contributed by atoms with Crippen molar-refractivity contribution in [2.45, 2.75) is 39.5 Å². The first-order valence-electron chi connectivity index (χ1n) is 5.79. The van der Waals surface area contributed by atoms with Gasteiger partial charge < -0.3 is 0 Å². The van der Waals surface area contributed by atoms with Crippen molar-refractivity contribution in [3.63, 3.8) is 0 Å². The van der Waals surface area contributed by atoms with Crippen LogP contribution in [0.3, 0.4) is 0 Å². The van der Waals surface area contributed by atoms with Crippen molar-refractivity contribution in [3.8, 4) is 0 Å². The van der Waals surface area contributed by atoms with Gasteiger partial charge >= 0.3 is 0 Å². The molecular formula is C12H17N3O. The third-order valence-corrected chi connectivity index (χ3v) is 2.66. The highest BCUT2D eigenvalue weighted by molar-refractivity contribution is 5.39. The Morgan fingerprint density at radius 2 is 2.19 bits per heavy atom. The highest BCUT2D eigenvalue weighted by Crippen LogP contribution is 2.05. The van der Waals surface area contributed by atoms with Crippen LogP contribution in [0.4, 0.5) is 0 Å². The van der Waals surface area contributed by atoms with Crippen LogP contribution in [0.2, 0.25) is 0 Å². The summed E-state index contributed by atoms with van der Waals surface area (Å²) < 4.78 is 1.51. The summed E-state index contributed by atoms with van der Waals surface area (Å²) >= 11 is 0. The molecule has 0 amide bonds. The van der Waals surface area contributed by atoms with Gasteiger partial charge in [0.05, 0.1) is 0 Å². The lowest BCUT2D eigenvalue weighted by Crippen LogP contribution is -2.12. The molecule has 0 atom stereocenters. The lowest BCUT2D eigenvalue weighted by molar-refractivity contribution is 0.691. The number of aromatic amines is 1. The predicted octanol–water partition coefficient (Wildman–Crippen LogP) is 2.06. The Morgan fingerprint density at radius 1 is 1.38 bits per heavy atom. The van der Waals surface area contributed by atoms with Crippen molar-refractivity contribution in [1.29, 1.82) is 0 Å².